The van der Waals surface area contributed by atoms with Gasteiger partial charge in [0.2, 0.25) is 11.2 Å². The number of hydrogen-bond donors (Lipinski definition) is 2. The van der Waals surface area contributed by atoms with Crippen LogP contribution in [0.3, 0.4) is 0 Å². The summed E-state index contributed by atoms with van der Waals surface area (Å²) in [5.74, 6) is -1.22. The standard InChI is InChI=1S/C20H21ClF3N5O2/c1-9(10-3-2-4-11(16(10)22)17(23)24)26-18-12-5-29(6-15(12)27-20(21)28-18)19(30)13-7-31-8-14(13)25/h2-4,9,13-14,17H,5-8,25H2,1H3,(H,26,27,28)/t9-,13-,14+/m1/s1. The first kappa shape index (κ1) is 21.8. The molecule has 1 saturated heterocycles. The average Bonchev–Trinajstić information content (AvgIpc) is 3.33. The molecule has 1 amide bonds. The van der Waals surface area contributed by atoms with Crippen LogP contribution in [0, 0.1) is 11.7 Å². The second-order valence-electron chi connectivity index (χ2n) is 7.69. The van der Waals surface area contributed by atoms with Crippen molar-refractivity contribution in [2.24, 2.45) is 11.7 Å². The molecule has 0 saturated carbocycles. The monoisotopic (exact) mass is 455 g/mol. The van der Waals surface area contributed by atoms with Crippen molar-refractivity contribution in [1.82, 2.24) is 14.9 Å². The summed E-state index contributed by atoms with van der Waals surface area (Å²) >= 11 is 6.05. The minimum Gasteiger partial charge on any atom is -0.379 e. The first-order chi connectivity index (χ1) is 14.8. The van der Waals surface area contributed by atoms with Gasteiger partial charge >= 0.3 is 0 Å². The molecule has 0 aliphatic carbocycles. The van der Waals surface area contributed by atoms with Crippen LogP contribution >= 0.6 is 11.6 Å². The minimum absolute atomic E-state index is 0.0366. The van der Waals surface area contributed by atoms with Crippen LogP contribution in [0.25, 0.3) is 0 Å². The summed E-state index contributed by atoms with van der Waals surface area (Å²) < 4.78 is 45.9. The highest BCUT2D eigenvalue weighted by Gasteiger charge is 2.38. The molecule has 11 heteroatoms. The lowest BCUT2D eigenvalue weighted by atomic mass is 10.0. The third-order valence-electron chi connectivity index (χ3n) is 5.62. The summed E-state index contributed by atoms with van der Waals surface area (Å²) in [5.41, 5.74) is 6.58. The lowest BCUT2D eigenvalue weighted by Gasteiger charge is -2.21. The molecule has 1 fully saturated rings. The van der Waals surface area contributed by atoms with E-state index in [9.17, 15) is 18.0 Å². The number of halogens is 4. The van der Waals surface area contributed by atoms with Gasteiger partial charge < -0.3 is 20.7 Å². The zero-order valence-corrected chi connectivity index (χ0v) is 17.4. The van der Waals surface area contributed by atoms with Crippen LogP contribution in [0.15, 0.2) is 18.2 Å². The van der Waals surface area contributed by atoms with Crippen molar-refractivity contribution in [3.63, 3.8) is 0 Å². The van der Waals surface area contributed by atoms with Gasteiger partial charge in [0.05, 0.1) is 49.5 Å². The summed E-state index contributed by atoms with van der Waals surface area (Å²) in [5, 5.41) is 3.00. The zero-order chi connectivity index (χ0) is 22.3. The Kier molecular flexibility index (Phi) is 6.05. The zero-order valence-electron chi connectivity index (χ0n) is 16.6. The summed E-state index contributed by atoms with van der Waals surface area (Å²) in [6.07, 6.45) is -2.92. The van der Waals surface area contributed by atoms with E-state index in [0.29, 0.717) is 23.7 Å². The average molecular weight is 456 g/mol. The van der Waals surface area contributed by atoms with Gasteiger partial charge in [0.15, 0.2) is 0 Å². The van der Waals surface area contributed by atoms with Gasteiger partial charge in [-0.25, -0.2) is 23.1 Å². The number of alkyl halides is 2. The van der Waals surface area contributed by atoms with Crippen LogP contribution in [-0.4, -0.2) is 40.0 Å². The molecule has 7 nitrogen and oxygen atoms in total. The second-order valence-corrected chi connectivity index (χ2v) is 8.02. The number of rotatable bonds is 5. The van der Waals surface area contributed by atoms with E-state index < -0.39 is 29.8 Å². The van der Waals surface area contributed by atoms with Crippen LogP contribution in [0.1, 0.15) is 41.8 Å². The fourth-order valence-corrected chi connectivity index (χ4v) is 4.10. The topological polar surface area (TPSA) is 93.4 Å². The number of hydrogen-bond acceptors (Lipinski definition) is 6. The lowest BCUT2D eigenvalue weighted by molar-refractivity contribution is -0.136. The predicted molar refractivity (Wildman–Crippen MR) is 107 cm³/mol. The number of fused-ring (bicyclic) bond motifs is 1. The van der Waals surface area contributed by atoms with Crippen molar-refractivity contribution in [1.29, 1.82) is 0 Å². The maximum atomic E-state index is 14.6. The Hall–Kier alpha value is -2.43. The molecule has 2 aliphatic heterocycles. The van der Waals surface area contributed by atoms with Gasteiger partial charge in [-0.3, -0.25) is 4.79 Å². The van der Waals surface area contributed by atoms with E-state index in [1.165, 1.54) is 12.1 Å². The van der Waals surface area contributed by atoms with Crippen molar-refractivity contribution in [2.75, 3.05) is 18.5 Å². The van der Waals surface area contributed by atoms with Crippen molar-refractivity contribution in [2.45, 2.75) is 38.5 Å². The summed E-state index contributed by atoms with van der Waals surface area (Å²) in [6.45, 7) is 2.68. The maximum absolute atomic E-state index is 14.6. The number of carbonyl (C=O) groups is 1. The smallest absolute Gasteiger partial charge is 0.266 e. The SMILES string of the molecule is C[C@@H](Nc1nc(Cl)nc2c1CN(C(=O)[C@@H]1COC[C@@H]1N)C2)c1cccc(C(F)F)c1F. The Labute approximate surface area is 181 Å². The van der Waals surface area contributed by atoms with Crippen LogP contribution in [0.2, 0.25) is 5.28 Å². The summed E-state index contributed by atoms with van der Waals surface area (Å²) in [7, 11) is 0. The largest absolute Gasteiger partial charge is 0.379 e. The number of aromatic nitrogens is 2. The van der Waals surface area contributed by atoms with Crippen molar-refractivity contribution >= 4 is 23.3 Å². The molecule has 0 radical (unpaired) electrons. The molecular formula is C20H21ClF3N5O2. The van der Waals surface area contributed by atoms with Gasteiger partial charge in [0.1, 0.15) is 11.6 Å². The van der Waals surface area contributed by atoms with E-state index in [4.69, 9.17) is 22.1 Å². The maximum Gasteiger partial charge on any atom is 0.266 e. The molecule has 0 unspecified atom stereocenters. The predicted octanol–water partition coefficient (Wildman–Crippen LogP) is 3.20. The van der Waals surface area contributed by atoms with E-state index in [2.05, 4.69) is 15.3 Å². The Morgan fingerprint density at radius 3 is 2.71 bits per heavy atom. The van der Waals surface area contributed by atoms with Gasteiger partial charge in [-0.15, -0.1) is 0 Å². The molecule has 0 bridgehead atoms. The molecule has 3 heterocycles. The van der Waals surface area contributed by atoms with Gasteiger partial charge in [-0.2, -0.15) is 0 Å². The number of nitrogens with zero attached hydrogens (tertiary/aromatic N) is 3. The van der Waals surface area contributed by atoms with E-state index in [1.807, 2.05) is 0 Å². The number of nitrogens with two attached hydrogens (primary N) is 1. The van der Waals surface area contributed by atoms with Gasteiger partial charge in [-0.05, 0) is 18.5 Å². The molecule has 0 spiro atoms. The molecule has 166 valence electrons. The number of amides is 1. The third-order valence-corrected chi connectivity index (χ3v) is 5.79. The fourth-order valence-electron chi connectivity index (χ4n) is 3.91. The van der Waals surface area contributed by atoms with Gasteiger partial charge in [0, 0.05) is 17.2 Å². The molecule has 2 aliphatic rings. The number of nitrogens with one attached hydrogen (secondary N) is 1. The molecule has 31 heavy (non-hydrogen) atoms. The molecule has 4 rings (SSSR count). The number of ether oxygens (including phenoxy) is 1. The van der Waals surface area contributed by atoms with Crippen LogP contribution < -0.4 is 11.1 Å². The Morgan fingerprint density at radius 1 is 1.29 bits per heavy atom. The molecule has 3 atom stereocenters. The quantitative estimate of drug-likeness (QED) is 0.672. The molecule has 1 aromatic carbocycles. The minimum atomic E-state index is -2.92. The fraction of sp³-hybridized carbons (Fsp3) is 0.450. The molecule has 3 N–H and O–H groups in total. The van der Waals surface area contributed by atoms with Gasteiger partial charge in [-0.1, -0.05) is 18.2 Å². The van der Waals surface area contributed by atoms with Crippen molar-refractivity contribution in [3.05, 3.63) is 51.7 Å². The van der Waals surface area contributed by atoms with Gasteiger partial charge in [0.25, 0.3) is 6.43 Å². The first-order valence-electron chi connectivity index (χ1n) is 9.76. The van der Waals surface area contributed by atoms with Crippen LogP contribution in [0.5, 0.6) is 0 Å². The Bertz CT molecular complexity index is 1010. The Balaban J connectivity index is 1.57. The van der Waals surface area contributed by atoms with E-state index in [-0.39, 0.29) is 42.5 Å². The summed E-state index contributed by atoms with van der Waals surface area (Å²) in [6, 6.07) is 2.81. The highest BCUT2D eigenvalue weighted by molar-refractivity contribution is 6.28. The number of anilines is 1. The number of carbonyl (C=O) groups excluding carboxylic acids is 1. The van der Waals surface area contributed by atoms with E-state index >= 15 is 0 Å². The highest BCUT2D eigenvalue weighted by Crippen LogP contribution is 2.33. The van der Waals surface area contributed by atoms with Crippen molar-refractivity contribution in [3.8, 4) is 0 Å². The van der Waals surface area contributed by atoms with Crippen LogP contribution in [0.4, 0.5) is 19.0 Å². The lowest BCUT2D eigenvalue weighted by Crippen LogP contribution is -2.41. The van der Waals surface area contributed by atoms with Crippen LogP contribution in [-0.2, 0) is 22.6 Å². The molecule has 1 aromatic heterocycles. The van der Waals surface area contributed by atoms with E-state index in [0.717, 1.165) is 6.07 Å². The first-order valence-corrected chi connectivity index (χ1v) is 10.1. The number of benzene rings is 1. The molecular weight excluding hydrogens is 435 g/mol. The Morgan fingerprint density at radius 2 is 2.03 bits per heavy atom. The highest BCUT2D eigenvalue weighted by atomic mass is 35.5. The van der Waals surface area contributed by atoms with E-state index in [1.54, 1.807) is 11.8 Å². The second kappa shape index (κ2) is 8.60. The third kappa shape index (κ3) is 4.19. The van der Waals surface area contributed by atoms with Crippen molar-refractivity contribution < 1.29 is 22.7 Å². The normalized spacial score (nSPS) is 21.5. The summed E-state index contributed by atoms with van der Waals surface area (Å²) in [4.78, 5) is 22.9. The molecule has 2 aromatic rings.